The molecule has 0 fully saturated rings. The first-order valence-electron chi connectivity index (χ1n) is 14.5. The molecule has 0 aliphatic carbocycles. The molecule has 0 bridgehead atoms. The average molecular weight is 657 g/mol. The van der Waals surface area contributed by atoms with Gasteiger partial charge >= 0.3 is 6.15 Å². The van der Waals surface area contributed by atoms with E-state index in [1.165, 1.54) is 31.9 Å². The third kappa shape index (κ3) is 12.9. The Bertz CT molecular complexity index is 1490. The van der Waals surface area contributed by atoms with E-state index in [0.29, 0.717) is 4.88 Å². The first-order valence-corrected chi connectivity index (χ1v) is 17.0. The number of hydrogen-bond acceptors (Lipinski definition) is 9. The van der Waals surface area contributed by atoms with E-state index in [9.17, 15) is 4.79 Å². The second kappa shape index (κ2) is 16.9. The van der Waals surface area contributed by atoms with Gasteiger partial charge in [-0.15, -0.1) is 34.0 Å². The molecule has 1 amide bonds. The van der Waals surface area contributed by atoms with Crippen molar-refractivity contribution in [2.75, 3.05) is 5.32 Å². The largest absolute Gasteiger partial charge is 0.373 e. The topological polar surface area (TPSA) is 102 Å². The van der Waals surface area contributed by atoms with Crippen LogP contribution in [0.1, 0.15) is 116 Å². The van der Waals surface area contributed by atoms with Crippen LogP contribution in [0.3, 0.4) is 0 Å². The summed E-state index contributed by atoms with van der Waals surface area (Å²) in [4.78, 5) is 44.1. The van der Waals surface area contributed by atoms with Crippen LogP contribution in [0.15, 0.2) is 35.7 Å². The summed E-state index contributed by atoms with van der Waals surface area (Å²) in [7, 11) is 0. The number of aromatic nitrogens is 3. The summed E-state index contributed by atoms with van der Waals surface area (Å²) < 4.78 is 0. The molecule has 3 heterocycles. The van der Waals surface area contributed by atoms with E-state index in [1.54, 1.807) is 11.3 Å². The fraction of sp³-hybridized carbons (Fsp3) is 0.500. The summed E-state index contributed by atoms with van der Waals surface area (Å²) >= 11 is 5.07. The quantitative estimate of drug-likeness (QED) is 0.236. The van der Waals surface area contributed by atoms with Crippen LogP contribution in [0.4, 0.5) is 5.69 Å². The molecule has 0 unspecified atom stereocenters. The predicted molar refractivity (Wildman–Crippen MR) is 185 cm³/mol. The van der Waals surface area contributed by atoms with Crippen molar-refractivity contribution >= 4 is 51.8 Å². The van der Waals surface area contributed by atoms with Gasteiger partial charge in [0.05, 0.1) is 26.4 Å². The molecule has 3 aromatic heterocycles. The number of benzene rings is 1. The maximum Gasteiger partial charge on any atom is 0.373 e. The highest BCUT2D eigenvalue weighted by molar-refractivity contribution is 7.14. The van der Waals surface area contributed by atoms with Crippen LogP contribution in [0.2, 0.25) is 0 Å². The number of aryl methyl sites for hydroxylation is 4. The zero-order valence-electron chi connectivity index (χ0n) is 28.5. The van der Waals surface area contributed by atoms with Gasteiger partial charge in [0.2, 0.25) is 0 Å². The van der Waals surface area contributed by atoms with E-state index in [1.807, 2.05) is 55.5 Å². The van der Waals surface area contributed by atoms with Crippen LogP contribution in [-0.2, 0) is 32.3 Å². The molecule has 0 saturated carbocycles. The van der Waals surface area contributed by atoms with Gasteiger partial charge in [0.25, 0.3) is 5.91 Å². The molecule has 1 N–H and O–H groups in total. The molecule has 10 heteroatoms. The standard InChI is InChI=1S/C15H18N2OS.C10H17NS.C8H13NS.CO2/c1-10-12(19-14(16-10)15(2,3)4)13(18)17-11-8-6-5-7-9-11;1-6-8-7(2)11-9(12-8)10(3,4)5;1-6-5-10-7(9-6)8(2,3)4;2-1-3/h5-9H,1-4H3,(H,17,18);6H2,1-5H3;5H,1-4H3;. The zero-order valence-corrected chi connectivity index (χ0v) is 30.9. The molecule has 44 heavy (non-hydrogen) atoms. The summed E-state index contributed by atoms with van der Waals surface area (Å²) in [6.45, 7) is 27.7. The number of thiazole rings is 3. The van der Waals surface area contributed by atoms with Gasteiger partial charge in [-0.3, -0.25) is 4.79 Å². The minimum atomic E-state index is -0.0864. The van der Waals surface area contributed by atoms with E-state index >= 15 is 0 Å². The Morgan fingerprint density at radius 1 is 0.750 bits per heavy atom. The Balaban J connectivity index is 0.000000334. The molecule has 4 rings (SSSR count). The lowest BCUT2D eigenvalue weighted by Gasteiger charge is -2.13. The van der Waals surface area contributed by atoms with Crippen molar-refractivity contribution in [2.45, 2.75) is 113 Å². The van der Waals surface area contributed by atoms with Gasteiger partial charge < -0.3 is 5.32 Å². The number of amides is 1. The lowest BCUT2D eigenvalue weighted by molar-refractivity contribution is -0.191. The lowest BCUT2D eigenvalue weighted by atomic mass is 9.98. The SMILES string of the molecule is CCc1sc(C(C)(C)C)nc1C.Cc1csc(C(C)(C)C)n1.Cc1nc(C(C)(C)C)sc1C(=O)Nc1ccccc1.O=C=O. The molecule has 1 aromatic carbocycles. The van der Waals surface area contributed by atoms with E-state index in [4.69, 9.17) is 9.59 Å². The van der Waals surface area contributed by atoms with E-state index < -0.39 is 0 Å². The Hall–Kier alpha value is -3.04. The fourth-order valence-electron chi connectivity index (χ4n) is 3.41. The molecular weight excluding hydrogens is 609 g/mol. The highest BCUT2D eigenvalue weighted by Gasteiger charge is 2.23. The number of hydrogen-bond donors (Lipinski definition) is 1. The lowest BCUT2D eigenvalue weighted by Crippen LogP contribution is -2.11. The Kier molecular flexibility index (Phi) is 14.9. The smallest absolute Gasteiger partial charge is 0.321 e. The predicted octanol–water partition coefficient (Wildman–Crippen LogP) is 9.48. The normalized spacial score (nSPS) is 11.1. The van der Waals surface area contributed by atoms with Crippen molar-refractivity contribution < 1.29 is 14.4 Å². The molecule has 0 atom stereocenters. The summed E-state index contributed by atoms with van der Waals surface area (Å²) in [6, 6.07) is 9.47. The summed E-state index contributed by atoms with van der Waals surface area (Å²) in [5.74, 6) is -0.0864. The third-order valence-corrected chi connectivity index (χ3v) is 10.5. The van der Waals surface area contributed by atoms with Gasteiger partial charge in [-0.1, -0.05) is 87.4 Å². The molecular formula is C34H48N4O3S3. The number of para-hydroxylation sites is 1. The second-order valence-corrected chi connectivity index (χ2v) is 16.2. The molecule has 0 aliphatic heterocycles. The van der Waals surface area contributed by atoms with Crippen LogP contribution < -0.4 is 5.32 Å². The van der Waals surface area contributed by atoms with Gasteiger partial charge in [0.15, 0.2) is 0 Å². The van der Waals surface area contributed by atoms with Crippen LogP contribution in [0, 0.1) is 20.8 Å². The first-order chi connectivity index (χ1) is 20.2. The van der Waals surface area contributed by atoms with Gasteiger partial charge in [-0.2, -0.15) is 9.59 Å². The highest BCUT2D eigenvalue weighted by Crippen LogP contribution is 2.30. The maximum atomic E-state index is 12.2. The van der Waals surface area contributed by atoms with Crippen molar-refractivity contribution in [2.24, 2.45) is 0 Å². The molecule has 240 valence electrons. The summed E-state index contributed by atoms with van der Waals surface area (Å²) in [5, 5.41) is 8.47. The Labute approximate surface area is 275 Å². The number of carbonyl (C=O) groups excluding carboxylic acids is 3. The molecule has 0 radical (unpaired) electrons. The van der Waals surface area contributed by atoms with Crippen molar-refractivity contribution in [3.63, 3.8) is 0 Å². The highest BCUT2D eigenvalue weighted by atomic mass is 32.1. The monoisotopic (exact) mass is 656 g/mol. The fourth-order valence-corrected chi connectivity index (χ4v) is 6.38. The van der Waals surface area contributed by atoms with E-state index in [-0.39, 0.29) is 28.3 Å². The molecule has 7 nitrogen and oxygen atoms in total. The number of nitrogens with zero attached hydrogens (tertiary/aromatic N) is 3. The minimum Gasteiger partial charge on any atom is -0.321 e. The Morgan fingerprint density at radius 2 is 1.23 bits per heavy atom. The zero-order chi connectivity index (χ0) is 33.9. The molecule has 0 saturated heterocycles. The first kappa shape index (κ1) is 39.0. The second-order valence-electron chi connectivity index (χ2n) is 13.3. The van der Waals surface area contributed by atoms with Gasteiger partial charge in [-0.05, 0) is 39.3 Å². The van der Waals surface area contributed by atoms with Crippen LogP contribution in [0.5, 0.6) is 0 Å². The number of anilines is 1. The molecule has 4 aromatic rings. The van der Waals surface area contributed by atoms with E-state index in [0.717, 1.165) is 28.5 Å². The van der Waals surface area contributed by atoms with Crippen LogP contribution in [-0.4, -0.2) is 27.0 Å². The molecule has 0 aliphatic rings. The number of rotatable bonds is 3. The van der Waals surface area contributed by atoms with Gasteiger partial charge in [-0.25, -0.2) is 15.0 Å². The van der Waals surface area contributed by atoms with Crippen molar-refractivity contribution in [3.8, 4) is 0 Å². The summed E-state index contributed by atoms with van der Waals surface area (Å²) in [5.41, 5.74) is 4.35. The van der Waals surface area contributed by atoms with Crippen molar-refractivity contribution in [3.05, 3.63) is 77.6 Å². The van der Waals surface area contributed by atoms with Crippen LogP contribution in [0.25, 0.3) is 0 Å². The van der Waals surface area contributed by atoms with Crippen molar-refractivity contribution in [1.29, 1.82) is 0 Å². The number of carbonyl (C=O) groups is 1. The van der Waals surface area contributed by atoms with Gasteiger partial charge in [0, 0.05) is 37.9 Å². The average Bonchev–Trinajstić information content (AvgIpc) is 3.63. The van der Waals surface area contributed by atoms with Crippen LogP contribution >= 0.6 is 34.0 Å². The maximum absolute atomic E-state index is 12.2. The third-order valence-electron chi connectivity index (χ3n) is 5.79. The minimum absolute atomic E-state index is 0.0271. The van der Waals surface area contributed by atoms with Crippen molar-refractivity contribution in [1.82, 2.24) is 15.0 Å². The van der Waals surface area contributed by atoms with Gasteiger partial charge in [0.1, 0.15) is 4.88 Å². The molecule has 0 spiro atoms. The number of nitrogens with one attached hydrogen (secondary N) is 1. The summed E-state index contributed by atoms with van der Waals surface area (Å²) in [6.07, 6.45) is 1.36. The van der Waals surface area contributed by atoms with E-state index in [2.05, 4.69) is 102 Å². The Morgan fingerprint density at radius 3 is 1.57 bits per heavy atom.